The van der Waals surface area contributed by atoms with Crippen molar-refractivity contribution in [2.75, 3.05) is 30.5 Å². The minimum absolute atomic E-state index is 0.0610. The number of hydrogen-bond acceptors (Lipinski definition) is 9. The predicted octanol–water partition coefficient (Wildman–Crippen LogP) is 7.76. The lowest BCUT2D eigenvalue weighted by molar-refractivity contribution is -0.117. The van der Waals surface area contributed by atoms with E-state index in [4.69, 9.17) is 14.5 Å². The molecule has 0 radical (unpaired) electrons. The second-order valence-electron chi connectivity index (χ2n) is 14.9. The zero-order valence-corrected chi connectivity index (χ0v) is 33.8. The lowest BCUT2D eigenvalue weighted by atomic mass is 9.87. The fraction of sp³-hybridized carbons (Fsp3) is 0.326. The molecular formula is C43H46N6O5S2. The highest BCUT2D eigenvalue weighted by atomic mass is 33.1. The topological polar surface area (TPSA) is 127 Å². The van der Waals surface area contributed by atoms with Gasteiger partial charge in [0, 0.05) is 91.9 Å². The summed E-state index contributed by atoms with van der Waals surface area (Å²) in [5, 5.41) is 6.98. The molecule has 0 bridgehead atoms. The van der Waals surface area contributed by atoms with Crippen molar-refractivity contribution in [3.05, 3.63) is 120 Å². The number of aliphatic imine (C=N–C) groups is 1. The highest BCUT2D eigenvalue weighted by Crippen LogP contribution is 2.42. The Balaban J connectivity index is 0.893. The van der Waals surface area contributed by atoms with Gasteiger partial charge in [-0.05, 0) is 85.5 Å². The van der Waals surface area contributed by atoms with Crippen LogP contribution in [-0.4, -0.2) is 70.1 Å². The molecule has 0 fully saturated rings. The van der Waals surface area contributed by atoms with Gasteiger partial charge in [0.25, 0.3) is 11.8 Å². The Morgan fingerprint density at radius 2 is 1.84 bits per heavy atom. The number of methoxy groups -OCH3 is 1. The van der Waals surface area contributed by atoms with Crippen LogP contribution in [0.15, 0.2) is 118 Å². The van der Waals surface area contributed by atoms with E-state index in [1.54, 1.807) is 41.0 Å². The number of anilines is 2. The van der Waals surface area contributed by atoms with Gasteiger partial charge in [0.05, 0.1) is 18.3 Å². The summed E-state index contributed by atoms with van der Waals surface area (Å²) in [4.78, 5) is 50.8. The van der Waals surface area contributed by atoms with Crippen molar-refractivity contribution in [2.45, 2.75) is 67.9 Å². The molecular weight excluding hydrogens is 745 g/mol. The number of para-hydroxylation sites is 1. The van der Waals surface area contributed by atoms with Crippen molar-refractivity contribution in [1.29, 1.82) is 0 Å². The minimum atomic E-state index is -0.855. The summed E-state index contributed by atoms with van der Waals surface area (Å²) >= 11 is 0. The summed E-state index contributed by atoms with van der Waals surface area (Å²) in [5.41, 5.74) is 5.47. The third kappa shape index (κ3) is 8.64. The first-order valence-electron chi connectivity index (χ1n) is 18.6. The fourth-order valence-electron chi connectivity index (χ4n) is 6.95. The molecule has 2 aromatic carbocycles. The number of benzene rings is 2. The van der Waals surface area contributed by atoms with Crippen LogP contribution in [0.3, 0.4) is 0 Å². The van der Waals surface area contributed by atoms with Gasteiger partial charge in [0.1, 0.15) is 22.1 Å². The van der Waals surface area contributed by atoms with Crippen molar-refractivity contribution in [1.82, 2.24) is 14.9 Å². The summed E-state index contributed by atoms with van der Waals surface area (Å²) in [6.45, 7) is 6.89. The van der Waals surface area contributed by atoms with Gasteiger partial charge in [-0.2, -0.15) is 0 Å². The Hall–Kier alpha value is -5.11. The van der Waals surface area contributed by atoms with Crippen LogP contribution < -0.4 is 15.5 Å². The lowest BCUT2D eigenvalue weighted by Crippen LogP contribution is -2.42. The van der Waals surface area contributed by atoms with Crippen LogP contribution in [0.4, 0.5) is 11.4 Å². The highest BCUT2D eigenvalue weighted by molar-refractivity contribution is 8.77. The number of aromatic nitrogens is 2. The van der Waals surface area contributed by atoms with Crippen molar-refractivity contribution < 1.29 is 23.9 Å². The van der Waals surface area contributed by atoms with Crippen LogP contribution in [0, 0.1) is 0 Å². The number of nitrogens with one attached hydrogen (secondary N) is 2. The largest absolute Gasteiger partial charge is 0.495 e. The van der Waals surface area contributed by atoms with E-state index in [0.29, 0.717) is 54.4 Å². The number of carbonyl (C=O) groups is 3. The fourth-order valence-corrected chi connectivity index (χ4v) is 9.03. The number of nitrogens with zero attached hydrogens (tertiary/aromatic N) is 4. The van der Waals surface area contributed by atoms with Crippen LogP contribution in [0.2, 0.25) is 0 Å². The number of carbonyl (C=O) groups excluding carboxylic acids is 3. The van der Waals surface area contributed by atoms with E-state index < -0.39 is 5.60 Å². The quantitative estimate of drug-likeness (QED) is 0.0981. The van der Waals surface area contributed by atoms with Crippen molar-refractivity contribution >= 4 is 56.9 Å². The molecule has 3 amide bonds. The number of ether oxygens (including phenoxy) is 2. The number of pyridine rings is 1. The van der Waals surface area contributed by atoms with Crippen LogP contribution in [0.25, 0.3) is 11.1 Å². The third-order valence-corrected chi connectivity index (χ3v) is 13.4. The molecule has 2 aromatic heterocycles. The molecule has 13 heteroatoms. The molecule has 1 unspecified atom stereocenters. The predicted molar refractivity (Wildman–Crippen MR) is 224 cm³/mol. The second kappa shape index (κ2) is 16.5. The Morgan fingerprint density at radius 3 is 2.61 bits per heavy atom. The average Bonchev–Trinajstić information content (AvgIpc) is 3.75. The maximum absolute atomic E-state index is 13.8. The summed E-state index contributed by atoms with van der Waals surface area (Å²) < 4.78 is 13.7. The van der Waals surface area contributed by atoms with E-state index >= 15 is 0 Å². The maximum atomic E-state index is 13.8. The molecule has 2 aliphatic heterocycles. The monoisotopic (exact) mass is 790 g/mol. The van der Waals surface area contributed by atoms with Gasteiger partial charge in [-0.25, -0.2) is 4.98 Å². The molecule has 4 heterocycles. The molecule has 11 nitrogen and oxygen atoms in total. The van der Waals surface area contributed by atoms with Gasteiger partial charge >= 0.3 is 0 Å². The number of fused-ring (bicyclic) bond motifs is 3. The summed E-state index contributed by atoms with van der Waals surface area (Å²) in [7, 11) is 6.74. The number of hydrogen-bond donors (Lipinski definition) is 2. The second-order valence-corrected chi connectivity index (χ2v) is 17.8. The Bertz CT molecular complexity index is 2210. The lowest BCUT2D eigenvalue weighted by Gasteiger charge is -2.35. The molecule has 0 spiro atoms. The Morgan fingerprint density at radius 1 is 1.05 bits per heavy atom. The minimum Gasteiger partial charge on any atom is -0.495 e. The van der Waals surface area contributed by atoms with Gasteiger partial charge in [-0.1, -0.05) is 47.2 Å². The van der Waals surface area contributed by atoms with Gasteiger partial charge in [0.2, 0.25) is 5.91 Å². The first-order valence-corrected chi connectivity index (χ1v) is 20.8. The van der Waals surface area contributed by atoms with Crippen LogP contribution >= 0.6 is 21.6 Å². The van der Waals surface area contributed by atoms with Crippen LogP contribution in [-0.2, 0) is 32.5 Å². The molecule has 2 N–H and O–H groups in total. The zero-order chi connectivity index (χ0) is 39.5. The molecule has 290 valence electrons. The standard InChI is InChI=1S/C43H46N6O5S2/c1-42(2,56-55-39-14-8-9-19-44-39)27-46-40(51)36-22-30(26-48(36)4)28-15-17-31(18-16-28)47-38(50)13-10-20-54-37-23-34-33(24-43(37,3)53-5)41(52)49-32(25-45-34)21-29-11-6-7-12-35(29)49/h6-9,11-12,14-19,22-23,25-26,32H,10,13,20-21,24,27H2,1-5H3,(H,46,51)(H,47,50)/t32-,43?/m0/s1. The normalized spacial score (nSPS) is 18.8. The average molecular weight is 791 g/mol. The molecule has 2 atom stereocenters. The van der Waals surface area contributed by atoms with E-state index in [9.17, 15) is 14.4 Å². The highest BCUT2D eigenvalue weighted by Gasteiger charge is 2.43. The number of amides is 3. The van der Waals surface area contributed by atoms with Gasteiger partial charge in [0.15, 0.2) is 0 Å². The van der Waals surface area contributed by atoms with Crippen molar-refractivity contribution in [3.63, 3.8) is 0 Å². The first-order chi connectivity index (χ1) is 26.9. The third-order valence-electron chi connectivity index (χ3n) is 10.1. The van der Waals surface area contributed by atoms with Gasteiger partial charge < -0.3 is 24.7 Å². The molecule has 0 saturated carbocycles. The molecule has 3 aliphatic rings. The molecule has 1 aliphatic carbocycles. The van der Waals surface area contributed by atoms with Crippen molar-refractivity contribution in [2.24, 2.45) is 12.0 Å². The first kappa shape index (κ1) is 39.1. The number of aryl methyl sites for hydroxylation is 1. The molecule has 4 aromatic rings. The number of rotatable bonds is 14. The van der Waals surface area contributed by atoms with E-state index in [0.717, 1.165) is 33.8 Å². The van der Waals surface area contributed by atoms with E-state index in [-0.39, 0.29) is 34.9 Å². The zero-order valence-electron chi connectivity index (χ0n) is 32.2. The molecule has 0 saturated heterocycles. The number of allylic oxidation sites excluding steroid dienone is 1. The molecule has 56 heavy (non-hydrogen) atoms. The van der Waals surface area contributed by atoms with E-state index in [2.05, 4.69) is 35.5 Å². The van der Waals surface area contributed by atoms with Gasteiger partial charge in [-0.3, -0.25) is 24.3 Å². The Labute approximate surface area is 335 Å². The Kier molecular flexibility index (Phi) is 11.6. The van der Waals surface area contributed by atoms with E-state index in [1.165, 1.54) is 0 Å². The smallest absolute Gasteiger partial charge is 0.267 e. The van der Waals surface area contributed by atoms with Gasteiger partial charge in [-0.15, -0.1) is 0 Å². The SMILES string of the molecule is COC1(C)CC2=C(C=C1OCCCC(=O)Nc1ccc(-c3cc(C(=O)NCC(C)(C)SSc4ccccn4)n(C)c3)cc1)N=C[C@@H]1Cc3ccccc3N1C2=O. The maximum Gasteiger partial charge on any atom is 0.267 e. The van der Waals surface area contributed by atoms with Crippen LogP contribution in [0.5, 0.6) is 0 Å². The molecule has 7 rings (SSSR count). The summed E-state index contributed by atoms with van der Waals surface area (Å²) in [5.74, 6) is 0.254. The van der Waals surface area contributed by atoms with Crippen molar-refractivity contribution in [3.8, 4) is 11.1 Å². The van der Waals surface area contributed by atoms with E-state index in [1.807, 2.05) is 103 Å². The van der Waals surface area contributed by atoms with Crippen LogP contribution in [0.1, 0.15) is 56.1 Å². The summed E-state index contributed by atoms with van der Waals surface area (Å²) in [6.07, 6.45) is 9.15. The summed E-state index contributed by atoms with van der Waals surface area (Å²) in [6, 6.07) is 23.1.